The lowest BCUT2D eigenvalue weighted by atomic mass is 9.98. The predicted octanol–water partition coefficient (Wildman–Crippen LogP) is 2.95. The maximum absolute atomic E-state index is 10.6. The molecule has 0 fully saturated rings. The second-order valence-electron chi connectivity index (χ2n) is 3.68. The van der Waals surface area contributed by atoms with Crippen LogP contribution in [0.2, 0.25) is 0 Å². The van der Waals surface area contributed by atoms with Crippen molar-refractivity contribution in [1.29, 1.82) is 0 Å². The number of aliphatic carboxylic acids is 1. The number of carboxylic acid groups (broad SMARTS) is 1. The molecule has 1 aliphatic rings. The molecule has 2 nitrogen and oxygen atoms in total. The van der Waals surface area contributed by atoms with Gasteiger partial charge < -0.3 is 5.11 Å². The van der Waals surface area contributed by atoms with E-state index in [4.69, 9.17) is 5.11 Å². The number of benzene rings is 1. The van der Waals surface area contributed by atoms with Gasteiger partial charge in [-0.25, -0.2) is 0 Å². The summed E-state index contributed by atoms with van der Waals surface area (Å²) in [5.41, 5.74) is 2.52. The smallest absolute Gasteiger partial charge is 0.303 e. The van der Waals surface area contributed by atoms with Crippen molar-refractivity contribution < 1.29 is 9.90 Å². The molecule has 74 valence electrons. The third-order valence-corrected chi connectivity index (χ3v) is 3.22. The third kappa shape index (κ3) is 1.82. The third-order valence-electron chi connectivity index (χ3n) is 2.73. The van der Waals surface area contributed by atoms with E-state index in [0.717, 1.165) is 17.3 Å². The average molecular weight is 255 g/mol. The van der Waals surface area contributed by atoms with Crippen LogP contribution in [0.3, 0.4) is 0 Å². The maximum atomic E-state index is 10.6. The van der Waals surface area contributed by atoms with Crippen molar-refractivity contribution >= 4 is 21.9 Å². The number of carboxylic acids is 1. The minimum absolute atomic E-state index is 0.208. The molecule has 0 unspecified atom stereocenters. The molecular formula is C11H11BrO2. The Morgan fingerprint density at radius 1 is 1.57 bits per heavy atom. The lowest BCUT2D eigenvalue weighted by molar-refractivity contribution is -0.137. The molecule has 14 heavy (non-hydrogen) atoms. The van der Waals surface area contributed by atoms with Crippen LogP contribution < -0.4 is 0 Å². The van der Waals surface area contributed by atoms with Crippen LogP contribution in [0.25, 0.3) is 0 Å². The van der Waals surface area contributed by atoms with Crippen molar-refractivity contribution in [3.8, 4) is 0 Å². The summed E-state index contributed by atoms with van der Waals surface area (Å²) in [7, 11) is 0. The fraction of sp³-hybridized carbons (Fsp3) is 0.364. The summed E-state index contributed by atoms with van der Waals surface area (Å²) in [5, 5.41) is 8.76. The summed E-state index contributed by atoms with van der Waals surface area (Å²) in [6.45, 7) is 0. The maximum Gasteiger partial charge on any atom is 0.303 e. The fourth-order valence-corrected chi connectivity index (χ4v) is 2.46. The molecule has 0 saturated carbocycles. The van der Waals surface area contributed by atoms with Crippen LogP contribution in [0.4, 0.5) is 0 Å². The molecular weight excluding hydrogens is 244 g/mol. The molecule has 0 radical (unpaired) electrons. The van der Waals surface area contributed by atoms with Gasteiger partial charge in [-0.3, -0.25) is 4.79 Å². The van der Waals surface area contributed by atoms with Crippen LogP contribution in [-0.4, -0.2) is 11.1 Å². The standard InChI is InChI=1S/C11H11BrO2/c12-9-4-3-7-1-2-8(5-11(13)14)10(7)6-9/h3-4,6,8H,1-2,5H2,(H,13,14)/t8-/m0/s1. The first-order chi connectivity index (χ1) is 6.66. The normalized spacial score (nSPS) is 19.4. The van der Waals surface area contributed by atoms with Gasteiger partial charge in [0.25, 0.3) is 0 Å². The molecule has 0 saturated heterocycles. The van der Waals surface area contributed by atoms with E-state index >= 15 is 0 Å². The zero-order chi connectivity index (χ0) is 10.1. The molecule has 1 atom stereocenters. The molecule has 1 aromatic carbocycles. The second kappa shape index (κ2) is 3.73. The van der Waals surface area contributed by atoms with Crippen molar-refractivity contribution in [2.24, 2.45) is 0 Å². The van der Waals surface area contributed by atoms with Gasteiger partial charge in [0.1, 0.15) is 0 Å². The van der Waals surface area contributed by atoms with E-state index in [1.807, 2.05) is 6.07 Å². The number of carbonyl (C=O) groups is 1. The van der Waals surface area contributed by atoms with E-state index in [9.17, 15) is 4.79 Å². The molecule has 3 heteroatoms. The summed E-state index contributed by atoms with van der Waals surface area (Å²) >= 11 is 3.41. The minimum Gasteiger partial charge on any atom is -0.481 e. The average Bonchev–Trinajstić information content (AvgIpc) is 2.47. The SMILES string of the molecule is O=C(O)C[C@@H]1CCc2ccc(Br)cc21. The Bertz CT molecular complexity index is 374. The van der Waals surface area contributed by atoms with Gasteiger partial charge in [0.2, 0.25) is 0 Å². The van der Waals surface area contributed by atoms with Gasteiger partial charge in [-0.2, -0.15) is 0 Å². The number of hydrogen-bond donors (Lipinski definition) is 1. The Labute approximate surface area is 91.1 Å². The number of hydrogen-bond acceptors (Lipinski definition) is 1. The number of fused-ring (bicyclic) bond motifs is 1. The molecule has 0 aliphatic heterocycles. The monoisotopic (exact) mass is 254 g/mol. The van der Waals surface area contributed by atoms with Crippen molar-refractivity contribution in [1.82, 2.24) is 0 Å². The fourth-order valence-electron chi connectivity index (χ4n) is 2.08. The summed E-state index contributed by atoms with van der Waals surface area (Å²) in [6, 6.07) is 6.15. The lowest BCUT2D eigenvalue weighted by Crippen LogP contribution is -2.02. The summed E-state index contributed by atoms with van der Waals surface area (Å²) in [5.74, 6) is -0.497. The van der Waals surface area contributed by atoms with Crippen molar-refractivity contribution in [3.05, 3.63) is 33.8 Å². The van der Waals surface area contributed by atoms with Gasteiger partial charge in [0.05, 0.1) is 6.42 Å². The van der Waals surface area contributed by atoms with Crippen molar-refractivity contribution in [2.45, 2.75) is 25.2 Å². The number of aryl methyl sites for hydroxylation is 1. The summed E-state index contributed by atoms with van der Waals surface area (Å²) < 4.78 is 1.04. The van der Waals surface area contributed by atoms with Crippen LogP contribution in [-0.2, 0) is 11.2 Å². The number of rotatable bonds is 2. The van der Waals surface area contributed by atoms with Gasteiger partial charge in [0, 0.05) is 4.47 Å². The van der Waals surface area contributed by atoms with Crippen LogP contribution in [0.1, 0.15) is 29.9 Å². The Morgan fingerprint density at radius 2 is 2.36 bits per heavy atom. The van der Waals surface area contributed by atoms with Crippen LogP contribution in [0, 0.1) is 0 Å². The topological polar surface area (TPSA) is 37.3 Å². The van der Waals surface area contributed by atoms with E-state index in [1.54, 1.807) is 0 Å². The van der Waals surface area contributed by atoms with Crippen LogP contribution >= 0.6 is 15.9 Å². The summed E-state index contributed by atoms with van der Waals surface area (Å²) in [4.78, 5) is 10.6. The highest BCUT2D eigenvalue weighted by atomic mass is 79.9. The van der Waals surface area contributed by atoms with E-state index in [2.05, 4.69) is 28.1 Å². The molecule has 0 amide bonds. The van der Waals surface area contributed by atoms with E-state index in [1.165, 1.54) is 11.1 Å². The highest BCUT2D eigenvalue weighted by Gasteiger charge is 2.24. The molecule has 0 aromatic heterocycles. The Balaban J connectivity index is 2.28. The highest BCUT2D eigenvalue weighted by molar-refractivity contribution is 9.10. The van der Waals surface area contributed by atoms with Gasteiger partial charge in [-0.15, -0.1) is 0 Å². The van der Waals surface area contributed by atoms with Gasteiger partial charge in [-0.05, 0) is 42.0 Å². The molecule has 1 N–H and O–H groups in total. The molecule has 1 aliphatic carbocycles. The lowest BCUT2D eigenvalue weighted by Gasteiger charge is -2.08. The van der Waals surface area contributed by atoms with Crippen LogP contribution in [0.5, 0.6) is 0 Å². The zero-order valence-electron chi connectivity index (χ0n) is 7.66. The quantitative estimate of drug-likeness (QED) is 0.882. The first-order valence-electron chi connectivity index (χ1n) is 4.67. The van der Waals surface area contributed by atoms with Crippen LogP contribution in [0.15, 0.2) is 22.7 Å². The predicted molar refractivity (Wildman–Crippen MR) is 57.5 cm³/mol. The molecule has 1 aromatic rings. The first kappa shape index (κ1) is 9.71. The molecule has 0 bridgehead atoms. The van der Waals surface area contributed by atoms with Crippen molar-refractivity contribution in [3.63, 3.8) is 0 Å². The first-order valence-corrected chi connectivity index (χ1v) is 5.46. The minimum atomic E-state index is -0.706. The van der Waals surface area contributed by atoms with Gasteiger partial charge >= 0.3 is 5.97 Å². The zero-order valence-corrected chi connectivity index (χ0v) is 9.25. The highest BCUT2D eigenvalue weighted by Crippen LogP contribution is 2.36. The Kier molecular flexibility index (Phi) is 2.59. The van der Waals surface area contributed by atoms with E-state index in [-0.39, 0.29) is 12.3 Å². The largest absolute Gasteiger partial charge is 0.481 e. The molecule has 0 heterocycles. The van der Waals surface area contributed by atoms with E-state index in [0.29, 0.717) is 0 Å². The molecule has 2 rings (SSSR count). The number of halogens is 1. The van der Waals surface area contributed by atoms with Crippen molar-refractivity contribution in [2.75, 3.05) is 0 Å². The second-order valence-corrected chi connectivity index (χ2v) is 4.59. The van der Waals surface area contributed by atoms with E-state index < -0.39 is 5.97 Å². The molecule has 0 spiro atoms. The summed E-state index contributed by atoms with van der Waals surface area (Å²) in [6.07, 6.45) is 2.24. The van der Waals surface area contributed by atoms with Gasteiger partial charge in [0.15, 0.2) is 0 Å². The Morgan fingerprint density at radius 3 is 3.07 bits per heavy atom. The Hall–Kier alpha value is -0.830. The van der Waals surface area contributed by atoms with Gasteiger partial charge in [-0.1, -0.05) is 22.0 Å².